The molecule has 0 amide bonds. The van der Waals surface area contributed by atoms with E-state index >= 15 is 0 Å². The quantitative estimate of drug-likeness (QED) is 0.171. The van der Waals surface area contributed by atoms with E-state index in [1.807, 2.05) is 0 Å². The van der Waals surface area contributed by atoms with E-state index in [-0.39, 0.29) is 0 Å². The molecule has 1 saturated carbocycles. The third-order valence-corrected chi connectivity index (χ3v) is 8.12. The fourth-order valence-corrected chi connectivity index (χ4v) is 6.13. The molecule has 0 atom stereocenters. The summed E-state index contributed by atoms with van der Waals surface area (Å²) in [5.41, 5.74) is 6.14. The van der Waals surface area contributed by atoms with E-state index in [1.165, 1.54) is 54.5 Å². The molecule has 210 valence electrons. The second-order valence-corrected chi connectivity index (χ2v) is 11.2. The van der Waals surface area contributed by atoms with Crippen molar-refractivity contribution in [3.05, 3.63) is 96.2 Å². The third kappa shape index (κ3) is 7.22. The fourth-order valence-electron chi connectivity index (χ4n) is 6.13. The Kier molecular flexibility index (Phi) is 10.1. The number of benzene rings is 3. The molecule has 1 heterocycles. The lowest BCUT2D eigenvalue weighted by molar-refractivity contribution is 0.183. The van der Waals surface area contributed by atoms with E-state index in [9.17, 15) is 0 Å². The van der Waals surface area contributed by atoms with Crippen molar-refractivity contribution in [3.63, 3.8) is 0 Å². The minimum Gasteiger partial charge on any atom is -0.494 e. The molecule has 1 aliphatic rings. The molecule has 0 radical (unpaired) electrons. The number of aromatic nitrogens is 2. The van der Waals surface area contributed by atoms with Crippen LogP contribution in [0.3, 0.4) is 0 Å². The zero-order valence-electron chi connectivity index (χ0n) is 24.4. The molecule has 4 nitrogen and oxygen atoms in total. The fraction of sp³-hybridized carbons (Fsp3) is 0.417. The first-order chi connectivity index (χ1) is 19.7. The molecule has 3 aromatic carbocycles. The standard InChI is InChI=1S/C36H45N3O/c1-3-5-24-39-34(35(31-19-11-7-12-20-31)37-36(39)32-21-13-8-14-22-32)28-38(26-29-16-9-6-10-17-29)27-30-18-15-23-33(25-30)40-4-2/h7-8,11-15,18-23,25,29H,3-6,9-10,16-17,24,26-28H2,1-2H3. The summed E-state index contributed by atoms with van der Waals surface area (Å²) in [5, 5.41) is 0. The van der Waals surface area contributed by atoms with Crippen molar-refractivity contribution in [3.8, 4) is 28.4 Å². The first kappa shape index (κ1) is 28.2. The third-order valence-electron chi connectivity index (χ3n) is 8.12. The minimum absolute atomic E-state index is 0.689. The minimum atomic E-state index is 0.689. The van der Waals surface area contributed by atoms with Crippen LogP contribution in [0.25, 0.3) is 22.6 Å². The molecule has 5 rings (SSSR count). The Balaban J connectivity index is 1.56. The maximum atomic E-state index is 5.86. The van der Waals surface area contributed by atoms with E-state index in [1.54, 1.807) is 0 Å². The highest BCUT2D eigenvalue weighted by atomic mass is 16.5. The van der Waals surface area contributed by atoms with Crippen molar-refractivity contribution in [2.24, 2.45) is 5.92 Å². The van der Waals surface area contributed by atoms with Crippen molar-refractivity contribution in [1.82, 2.24) is 14.5 Å². The van der Waals surface area contributed by atoms with Crippen molar-refractivity contribution in [2.75, 3.05) is 13.2 Å². The predicted octanol–water partition coefficient (Wildman–Crippen LogP) is 9.00. The van der Waals surface area contributed by atoms with Gasteiger partial charge in [-0.15, -0.1) is 0 Å². The average molecular weight is 536 g/mol. The van der Waals surface area contributed by atoms with E-state index in [0.29, 0.717) is 6.61 Å². The SMILES string of the molecule is CCCCn1c(-c2ccccc2)nc(-c2ccccc2)c1CN(Cc1cccc(OCC)c1)CC1CCCCC1. The van der Waals surface area contributed by atoms with Crippen LogP contribution in [0, 0.1) is 5.92 Å². The Bertz CT molecular complexity index is 1310. The van der Waals surface area contributed by atoms with E-state index in [2.05, 4.69) is 108 Å². The summed E-state index contributed by atoms with van der Waals surface area (Å²) in [6, 6.07) is 30.2. The smallest absolute Gasteiger partial charge is 0.140 e. The Morgan fingerprint density at radius 1 is 0.825 bits per heavy atom. The Hall–Kier alpha value is -3.37. The van der Waals surface area contributed by atoms with Gasteiger partial charge in [-0.3, -0.25) is 4.90 Å². The molecule has 1 aliphatic carbocycles. The Morgan fingerprint density at radius 3 is 2.25 bits per heavy atom. The van der Waals surface area contributed by atoms with Crippen LogP contribution in [0.15, 0.2) is 84.9 Å². The molecular weight excluding hydrogens is 490 g/mol. The highest BCUT2D eigenvalue weighted by molar-refractivity contribution is 5.68. The molecular formula is C36H45N3O. The van der Waals surface area contributed by atoms with Gasteiger partial charge in [-0.2, -0.15) is 0 Å². The summed E-state index contributed by atoms with van der Waals surface area (Å²) in [5.74, 6) is 2.80. The van der Waals surface area contributed by atoms with Gasteiger partial charge >= 0.3 is 0 Å². The number of imidazole rings is 1. The van der Waals surface area contributed by atoms with Crippen LogP contribution in [-0.2, 0) is 19.6 Å². The Labute approximate surface area is 241 Å². The predicted molar refractivity (Wildman–Crippen MR) is 166 cm³/mol. The normalized spacial score (nSPS) is 14.1. The monoisotopic (exact) mass is 535 g/mol. The number of nitrogens with zero attached hydrogens (tertiary/aromatic N) is 3. The molecule has 0 saturated heterocycles. The van der Waals surface area contributed by atoms with Gasteiger partial charge in [-0.05, 0) is 49.8 Å². The van der Waals surface area contributed by atoms with E-state index in [0.717, 1.165) is 62.2 Å². The maximum Gasteiger partial charge on any atom is 0.140 e. The van der Waals surface area contributed by atoms with Crippen molar-refractivity contribution in [1.29, 1.82) is 0 Å². The van der Waals surface area contributed by atoms with Crippen molar-refractivity contribution in [2.45, 2.75) is 78.4 Å². The van der Waals surface area contributed by atoms with Gasteiger partial charge in [-0.25, -0.2) is 4.98 Å². The summed E-state index contributed by atoms with van der Waals surface area (Å²) < 4.78 is 8.38. The summed E-state index contributed by atoms with van der Waals surface area (Å²) in [6.07, 6.45) is 9.07. The van der Waals surface area contributed by atoms with E-state index < -0.39 is 0 Å². The summed E-state index contributed by atoms with van der Waals surface area (Å²) in [6.45, 7) is 8.90. The van der Waals surface area contributed by atoms with Crippen LogP contribution >= 0.6 is 0 Å². The van der Waals surface area contributed by atoms with Gasteiger partial charge < -0.3 is 9.30 Å². The second-order valence-electron chi connectivity index (χ2n) is 11.2. The first-order valence-corrected chi connectivity index (χ1v) is 15.4. The van der Waals surface area contributed by atoms with Gasteiger partial charge in [-0.1, -0.05) is 105 Å². The van der Waals surface area contributed by atoms with Gasteiger partial charge in [0, 0.05) is 37.3 Å². The maximum absolute atomic E-state index is 5.86. The highest BCUT2D eigenvalue weighted by Gasteiger charge is 2.24. The summed E-state index contributed by atoms with van der Waals surface area (Å²) in [7, 11) is 0. The van der Waals surface area contributed by atoms with Crippen LogP contribution in [0.2, 0.25) is 0 Å². The first-order valence-electron chi connectivity index (χ1n) is 15.4. The lowest BCUT2D eigenvalue weighted by atomic mass is 9.89. The number of unbranched alkanes of at least 4 members (excludes halogenated alkanes) is 1. The van der Waals surface area contributed by atoms with E-state index in [4.69, 9.17) is 9.72 Å². The van der Waals surface area contributed by atoms with Gasteiger partial charge in [0.05, 0.1) is 18.0 Å². The lowest BCUT2D eigenvalue weighted by Crippen LogP contribution is -2.31. The molecule has 0 spiro atoms. The van der Waals surface area contributed by atoms with Crippen LogP contribution in [0.1, 0.15) is 70.1 Å². The zero-order chi connectivity index (χ0) is 27.6. The molecule has 4 aromatic rings. The number of hydrogen-bond acceptors (Lipinski definition) is 3. The van der Waals surface area contributed by atoms with Gasteiger partial charge in [0.25, 0.3) is 0 Å². The van der Waals surface area contributed by atoms with Gasteiger partial charge in [0.15, 0.2) is 0 Å². The molecule has 4 heteroatoms. The molecule has 0 unspecified atom stereocenters. The highest BCUT2D eigenvalue weighted by Crippen LogP contribution is 2.33. The van der Waals surface area contributed by atoms with Crippen LogP contribution in [-0.4, -0.2) is 27.6 Å². The average Bonchev–Trinajstić information content (AvgIpc) is 3.35. The van der Waals surface area contributed by atoms with Gasteiger partial charge in [0.1, 0.15) is 11.6 Å². The van der Waals surface area contributed by atoms with Crippen molar-refractivity contribution < 1.29 is 4.74 Å². The number of hydrogen-bond donors (Lipinski definition) is 0. The summed E-state index contributed by atoms with van der Waals surface area (Å²) in [4.78, 5) is 8.05. The summed E-state index contributed by atoms with van der Waals surface area (Å²) >= 11 is 0. The second kappa shape index (κ2) is 14.3. The van der Waals surface area contributed by atoms with Crippen LogP contribution in [0.4, 0.5) is 0 Å². The number of rotatable bonds is 13. The Morgan fingerprint density at radius 2 is 1.55 bits per heavy atom. The van der Waals surface area contributed by atoms with Crippen molar-refractivity contribution >= 4 is 0 Å². The molecule has 1 aromatic heterocycles. The molecule has 40 heavy (non-hydrogen) atoms. The number of ether oxygens (including phenoxy) is 1. The molecule has 0 N–H and O–H groups in total. The largest absolute Gasteiger partial charge is 0.494 e. The van der Waals surface area contributed by atoms with Gasteiger partial charge in [0.2, 0.25) is 0 Å². The molecule has 1 fully saturated rings. The molecule has 0 bridgehead atoms. The topological polar surface area (TPSA) is 30.3 Å². The zero-order valence-corrected chi connectivity index (χ0v) is 24.4. The lowest BCUT2D eigenvalue weighted by Gasteiger charge is -2.30. The van der Waals surface area contributed by atoms with Crippen LogP contribution in [0.5, 0.6) is 5.75 Å². The molecule has 0 aliphatic heterocycles. The van der Waals surface area contributed by atoms with Crippen LogP contribution < -0.4 is 4.74 Å².